The molecule has 25 unspecified atom stereocenters. The van der Waals surface area contributed by atoms with Crippen LogP contribution in [0.4, 0.5) is 0 Å². The highest BCUT2D eigenvalue weighted by Gasteiger charge is 2.44. The smallest absolute Gasteiger partial charge is 0.335 e. The molecule has 0 radical (unpaired) electrons. The molecule has 2 bridgehead atoms. The number of carbonyl (C=O) groups is 6. The maximum atomic E-state index is 14.1. The Balaban J connectivity index is 2.45. The van der Waals surface area contributed by atoms with Crippen LogP contribution >= 0.6 is 0 Å². The average Bonchev–Trinajstić information content (AvgIpc) is 0.819. The zero-order valence-electron chi connectivity index (χ0n) is 62.2. The van der Waals surface area contributed by atoms with Crippen molar-refractivity contribution in [3.8, 4) is 0 Å². The first-order valence-corrected chi connectivity index (χ1v) is 35.3. The van der Waals surface area contributed by atoms with E-state index in [9.17, 15) is 90.0 Å². The molecule has 2 heterocycles. The Labute approximate surface area is 597 Å². The summed E-state index contributed by atoms with van der Waals surface area (Å²) >= 11 is 0. The van der Waals surface area contributed by atoms with E-state index in [-0.39, 0.29) is 49.4 Å². The molecule has 3 amide bonds. The van der Waals surface area contributed by atoms with E-state index >= 15 is 0 Å². The second-order valence-electron chi connectivity index (χ2n) is 29.1. The van der Waals surface area contributed by atoms with Gasteiger partial charge in [0.2, 0.25) is 17.7 Å². The fourth-order valence-electron chi connectivity index (χ4n) is 12.5. The number of methoxy groups -OCH3 is 2. The molecular formula is C76H123N3O22. The quantitative estimate of drug-likeness (QED) is 0.0322. The number of aliphatic carboxylic acids is 1. The Hall–Kier alpha value is -5.88. The average molecular weight is 1430 g/mol. The van der Waals surface area contributed by atoms with Crippen molar-refractivity contribution in [2.24, 2.45) is 52.8 Å². The van der Waals surface area contributed by atoms with E-state index in [0.717, 1.165) is 12.2 Å². The molecular weight excluding hydrogens is 1310 g/mol. The van der Waals surface area contributed by atoms with E-state index in [1.807, 2.05) is 13.0 Å². The summed E-state index contributed by atoms with van der Waals surface area (Å²) < 4.78 is 24.0. The highest BCUT2D eigenvalue weighted by molar-refractivity contribution is 5.94. The number of ether oxygens (including phenoxy) is 4. The fraction of sp³-hybridized carbons (Fsp3) is 0.684. The van der Waals surface area contributed by atoms with Gasteiger partial charge in [-0.25, -0.2) is 9.59 Å². The standard InChI is InChI=1S/C76H123N3O22/c1-41(2)65(88)50(12)73(94)76(14,15)34-33-60(86)77-63(66(89)42(3)4)69(92)47(9)36-45(7)67(90)43(5)31-32-53(82)39-61(87)79-62(51(13)80)58-38-52(81)27-26-28-55(83)44(6)35-46(8)68(91)49(11)56(84)40-54-37-48(10)71(99-17)72(100-54)57(98-16)29-24-22-20-18-19-21-23-25-30-59(85)78-64(75(97)101-58)70(93)74(95)96/h18-26,28-30,33-36,41-44,47-58,62-72,80-84,88-93H,27,31-32,37-40H2,1-17H3,(H,77,86)(H,78,85)(H,79,87)(H,95,96). The first-order chi connectivity index (χ1) is 47.1. The minimum Gasteiger partial charge on any atom is -0.479 e. The lowest BCUT2D eigenvalue weighted by atomic mass is 9.77. The van der Waals surface area contributed by atoms with Crippen LogP contribution in [0.25, 0.3) is 0 Å². The Morgan fingerprint density at radius 2 is 1.36 bits per heavy atom. The van der Waals surface area contributed by atoms with E-state index in [2.05, 4.69) is 16.0 Å². The Morgan fingerprint density at radius 3 is 1.92 bits per heavy atom. The van der Waals surface area contributed by atoms with Crippen molar-refractivity contribution in [3.63, 3.8) is 0 Å². The number of ketones is 1. The van der Waals surface area contributed by atoms with E-state index in [0.29, 0.717) is 17.6 Å². The molecule has 0 saturated carbocycles. The van der Waals surface area contributed by atoms with Crippen LogP contribution in [0, 0.1) is 52.8 Å². The number of hydrogen-bond donors (Lipinski definition) is 15. The zero-order chi connectivity index (χ0) is 76.9. The molecule has 0 spiro atoms. The summed E-state index contributed by atoms with van der Waals surface area (Å²) in [6, 6.07) is -5.09. The number of Topliss-reactive ketones (excluding diaryl/α,β-unsaturated/α-hetero) is 1. The van der Waals surface area contributed by atoms with Gasteiger partial charge in [-0.1, -0.05) is 154 Å². The minimum atomic E-state index is -2.60. The summed E-state index contributed by atoms with van der Waals surface area (Å²) in [4.78, 5) is 79.9. The van der Waals surface area contributed by atoms with Crippen molar-refractivity contribution in [2.45, 2.75) is 265 Å². The second kappa shape index (κ2) is 44.7. The zero-order valence-corrected chi connectivity index (χ0v) is 62.2. The molecule has 25 heteroatoms. The number of allylic oxidation sites excluding steroid dienone is 9. The SMILES string of the molecule is COC1C=CC=CC=CC=CC=CC(=O)NC(C(O)C(=O)O)C(=O)OC(C(NC(=O)CC(O)CCC(C)C(O)C(C)=CC(C)C(O)C(NC(=O)C=CC(C)(C)C(=O)C(C)C(O)C(C)C)C(O)C(C)C)C(C)O)CC(O)CC=CC(O)C(C)C=C(C)C(O)C(C)C(O)CC2CC(C)C(OC)C1O2. The predicted molar refractivity (Wildman–Crippen MR) is 383 cm³/mol. The van der Waals surface area contributed by atoms with Crippen LogP contribution in [0.3, 0.4) is 0 Å². The van der Waals surface area contributed by atoms with Gasteiger partial charge in [-0.2, -0.15) is 0 Å². The first kappa shape index (κ1) is 91.2. The molecule has 1 fully saturated rings. The van der Waals surface area contributed by atoms with Gasteiger partial charge in [0.15, 0.2) is 12.1 Å². The summed E-state index contributed by atoms with van der Waals surface area (Å²) in [6.45, 7) is 25.1. The normalized spacial score (nSPS) is 29.2. The molecule has 0 aromatic rings. The molecule has 2 aliphatic rings. The minimum absolute atomic E-state index is 0.0173. The lowest BCUT2D eigenvalue weighted by Crippen LogP contribution is -2.57. The van der Waals surface area contributed by atoms with Crippen molar-refractivity contribution in [1.82, 2.24) is 16.0 Å². The Morgan fingerprint density at radius 1 is 0.762 bits per heavy atom. The number of esters is 1. The summed E-state index contributed by atoms with van der Waals surface area (Å²) in [5, 5.41) is 141. The molecule has 574 valence electrons. The lowest BCUT2D eigenvalue weighted by Gasteiger charge is -2.43. The van der Waals surface area contributed by atoms with Gasteiger partial charge in [0, 0.05) is 55.8 Å². The molecule has 25 atom stereocenters. The Kier molecular flexibility index (Phi) is 40.4. The summed E-state index contributed by atoms with van der Waals surface area (Å²) in [5.74, 6) is -10.3. The third-order valence-corrected chi connectivity index (χ3v) is 19.2. The van der Waals surface area contributed by atoms with Gasteiger partial charge in [-0.05, 0) is 108 Å². The highest BCUT2D eigenvalue weighted by atomic mass is 16.6. The number of carboxylic acid groups (broad SMARTS) is 1. The number of rotatable bonds is 26. The molecule has 2 aliphatic heterocycles. The van der Waals surface area contributed by atoms with Gasteiger partial charge in [0.1, 0.15) is 24.1 Å². The van der Waals surface area contributed by atoms with Crippen LogP contribution in [0.15, 0.2) is 108 Å². The topological polar surface area (TPSA) is 418 Å². The van der Waals surface area contributed by atoms with Crippen molar-refractivity contribution < 1.29 is 109 Å². The fourth-order valence-corrected chi connectivity index (χ4v) is 12.5. The van der Waals surface area contributed by atoms with Gasteiger partial charge in [0.25, 0.3) is 0 Å². The monoisotopic (exact) mass is 1430 g/mol. The number of carboxylic acids is 1. The second-order valence-corrected chi connectivity index (χ2v) is 29.1. The summed E-state index contributed by atoms with van der Waals surface area (Å²) in [6.07, 6.45) is 5.05. The molecule has 0 aromatic heterocycles. The Bertz CT molecular complexity index is 2860. The van der Waals surface area contributed by atoms with Gasteiger partial charge in [-0.3, -0.25) is 19.2 Å². The largest absolute Gasteiger partial charge is 0.479 e. The first-order valence-electron chi connectivity index (χ1n) is 35.3. The number of nitrogens with one attached hydrogen (secondary N) is 3. The van der Waals surface area contributed by atoms with Gasteiger partial charge < -0.3 is 96.2 Å². The van der Waals surface area contributed by atoms with Crippen LogP contribution < -0.4 is 16.0 Å². The summed E-state index contributed by atoms with van der Waals surface area (Å²) in [7, 11) is 3.15. The van der Waals surface area contributed by atoms with Crippen molar-refractivity contribution in [3.05, 3.63) is 108 Å². The molecule has 15 N–H and O–H groups in total. The molecule has 25 nitrogen and oxygen atoms in total. The highest BCUT2D eigenvalue weighted by Crippen LogP contribution is 2.35. The van der Waals surface area contributed by atoms with Gasteiger partial charge in [0.05, 0.1) is 91.8 Å². The van der Waals surface area contributed by atoms with Crippen LogP contribution in [-0.2, 0) is 47.7 Å². The van der Waals surface area contributed by atoms with Crippen LogP contribution in [-0.4, -0.2) is 227 Å². The predicted octanol–water partition coefficient (Wildman–Crippen LogP) is 4.48. The van der Waals surface area contributed by atoms with E-state index < -0.39 is 193 Å². The van der Waals surface area contributed by atoms with E-state index in [1.54, 1.807) is 153 Å². The van der Waals surface area contributed by atoms with Crippen molar-refractivity contribution in [1.29, 1.82) is 0 Å². The van der Waals surface area contributed by atoms with Crippen LogP contribution in [0.5, 0.6) is 0 Å². The number of fused-ring (bicyclic) bond motifs is 2. The number of hydrogen-bond acceptors (Lipinski definition) is 21. The summed E-state index contributed by atoms with van der Waals surface area (Å²) in [5.41, 5.74) is -0.272. The van der Waals surface area contributed by atoms with Crippen molar-refractivity contribution in [2.75, 3.05) is 14.2 Å². The molecule has 2 rings (SSSR count). The number of cyclic esters (lactones) is 1. The lowest BCUT2D eigenvalue weighted by molar-refractivity contribution is -0.191. The van der Waals surface area contributed by atoms with Crippen LogP contribution in [0.1, 0.15) is 149 Å². The number of aliphatic hydroxyl groups is 11. The number of carbonyl (C=O) groups excluding carboxylic acids is 5. The van der Waals surface area contributed by atoms with Crippen LogP contribution in [0.2, 0.25) is 0 Å². The maximum Gasteiger partial charge on any atom is 0.335 e. The van der Waals surface area contributed by atoms with E-state index in [1.165, 1.54) is 37.3 Å². The van der Waals surface area contributed by atoms with Crippen molar-refractivity contribution >= 4 is 35.4 Å². The van der Waals surface area contributed by atoms with Gasteiger partial charge in [-0.15, -0.1) is 0 Å². The number of aliphatic hydroxyl groups excluding tert-OH is 11. The molecule has 0 aliphatic carbocycles. The van der Waals surface area contributed by atoms with Gasteiger partial charge >= 0.3 is 11.9 Å². The third kappa shape index (κ3) is 30.4. The molecule has 101 heavy (non-hydrogen) atoms. The third-order valence-electron chi connectivity index (χ3n) is 19.2. The molecule has 0 aromatic carbocycles. The number of amides is 3. The molecule has 1 saturated heterocycles. The van der Waals surface area contributed by atoms with E-state index in [4.69, 9.17) is 18.9 Å². The maximum absolute atomic E-state index is 14.1.